The van der Waals surface area contributed by atoms with E-state index >= 15 is 0 Å². The minimum atomic E-state index is -0.515. The molecule has 2 saturated heterocycles. The number of nitrogens with zero attached hydrogens (tertiary/aromatic N) is 1. The van der Waals surface area contributed by atoms with E-state index < -0.39 is 6.09 Å². The van der Waals surface area contributed by atoms with Crippen molar-refractivity contribution in [2.45, 2.75) is 49.9 Å². The van der Waals surface area contributed by atoms with Crippen LogP contribution in [0.1, 0.15) is 27.7 Å². The van der Waals surface area contributed by atoms with Crippen LogP contribution in [-0.2, 0) is 14.3 Å². The molecule has 0 aromatic rings. The second-order valence-corrected chi connectivity index (χ2v) is 7.05. The SMILES string of the molecule is CC1O[C@H](C)[C@@H](C(=O)N2C(=O)OC[C@@H]2C(C)C)[C@@H]1I. The van der Waals surface area contributed by atoms with Gasteiger partial charge >= 0.3 is 6.09 Å². The molecule has 0 aliphatic carbocycles. The van der Waals surface area contributed by atoms with Crippen LogP contribution in [0, 0.1) is 11.8 Å². The fraction of sp³-hybridized carbons (Fsp3) is 0.846. The number of carbonyl (C=O) groups excluding carboxylic acids is 2. The number of hydrogen-bond donors (Lipinski definition) is 0. The molecule has 2 aliphatic rings. The smallest absolute Gasteiger partial charge is 0.416 e. The van der Waals surface area contributed by atoms with E-state index in [-0.39, 0.29) is 39.9 Å². The molecule has 2 heterocycles. The summed E-state index contributed by atoms with van der Waals surface area (Å²) in [6.07, 6.45) is -0.648. The second-order valence-electron chi connectivity index (χ2n) is 5.61. The molecule has 2 amide bonds. The number of hydrogen-bond acceptors (Lipinski definition) is 4. The first kappa shape index (κ1) is 15.0. The largest absolute Gasteiger partial charge is 0.447 e. The average Bonchev–Trinajstić information content (AvgIpc) is 2.81. The topological polar surface area (TPSA) is 55.8 Å². The van der Waals surface area contributed by atoms with Gasteiger partial charge in [-0.3, -0.25) is 4.79 Å². The Balaban J connectivity index is 2.20. The Hall–Kier alpha value is -0.370. The standard InChI is InChI=1S/C13H20INO4/c1-6(2)9-5-18-13(17)15(9)12(16)10-7(3)19-8(4)11(10)14/h6-11H,5H2,1-4H3/t7-,8?,9-,10-,11-/m1/s1. The Morgan fingerprint density at radius 2 is 2.00 bits per heavy atom. The van der Waals surface area contributed by atoms with Crippen molar-refractivity contribution in [3.05, 3.63) is 0 Å². The fourth-order valence-electron chi connectivity index (χ4n) is 2.73. The number of cyclic esters (lactones) is 1. The van der Waals surface area contributed by atoms with Crippen LogP contribution in [-0.4, -0.2) is 45.7 Å². The van der Waals surface area contributed by atoms with Gasteiger partial charge in [0.15, 0.2) is 0 Å². The van der Waals surface area contributed by atoms with Gasteiger partial charge in [-0.05, 0) is 19.8 Å². The lowest BCUT2D eigenvalue weighted by Crippen LogP contribution is -2.48. The van der Waals surface area contributed by atoms with E-state index in [1.165, 1.54) is 4.90 Å². The average molecular weight is 381 g/mol. The molecule has 5 atom stereocenters. The summed E-state index contributed by atoms with van der Waals surface area (Å²) >= 11 is 2.24. The van der Waals surface area contributed by atoms with Crippen LogP contribution < -0.4 is 0 Å². The molecule has 0 bridgehead atoms. The number of carbonyl (C=O) groups is 2. The normalized spacial score (nSPS) is 38.9. The molecule has 108 valence electrons. The highest BCUT2D eigenvalue weighted by Gasteiger charge is 2.49. The van der Waals surface area contributed by atoms with Crippen molar-refractivity contribution in [2.75, 3.05) is 6.61 Å². The van der Waals surface area contributed by atoms with Gasteiger partial charge in [0, 0.05) is 0 Å². The summed E-state index contributed by atoms with van der Waals surface area (Å²) in [6.45, 7) is 8.13. The van der Waals surface area contributed by atoms with Crippen molar-refractivity contribution in [1.82, 2.24) is 4.90 Å². The number of ether oxygens (including phenoxy) is 2. The van der Waals surface area contributed by atoms with Crippen LogP contribution in [0.3, 0.4) is 0 Å². The van der Waals surface area contributed by atoms with E-state index in [1.54, 1.807) is 0 Å². The van der Waals surface area contributed by atoms with E-state index in [0.717, 1.165) is 0 Å². The van der Waals surface area contributed by atoms with Crippen molar-refractivity contribution >= 4 is 34.6 Å². The Morgan fingerprint density at radius 3 is 2.47 bits per heavy atom. The maximum absolute atomic E-state index is 12.7. The molecule has 0 radical (unpaired) electrons. The highest BCUT2D eigenvalue weighted by molar-refractivity contribution is 14.1. The molecule has 0 aromatic heterocycles. The molecule has 2 rings (SSSR count). The highest BCUT2D eigenvalue weighted by Crippen LogP contribution is 2.35. The Labute approximate surface area is 127 Å². The Bertz CT molecular complexity index is 387. The monoisotopic (exact) mass is 381 g/mol. The molecule has 1 unspecified atom stereocenters. The quantitative estimate of drug-likeness (QED) is 0.544. The lowest BCUT2D eigenvalue weighted by atomic mass is 9.96. The molecule has 2 aliphatic heterocycles. The zero-order chi connectivity index (χ0) is 14.3. The zero-order valence-electron chi connectivity index (χ0n) is 11.6. The molecule has 5 nitrogen and oxygen atoms in total. The van der Waals surface area contributed by atoms with Gasteiger partial charge < -0.3 is 9.47 Å². The number of rotatable bonds is 2. The van der Waals surface area contributed by atoms with Gasteiger partial charge in [0.2, 0.25) is 5.91 Å². The van der Waals surface area contributed by atoms with Gasteiger partial charge in [-0.15, -0.1) is 0 Å². The highest BCUT2D eigenvalue weighted by atomic mass is 127. The third-order valence-corrected chi connectivity index (χ3v) is 5.71. The lowest BCUT2D eigenvalue weighted by molar-refractivity contribution is -0.135. The predicted molar refractivity (Wildman–Crippen MR) is 78.1 cm³/mol. The van der Waals surface area contributed by atoms with E-state index in [1.807, 2.05) is 27.7 Å². The van der Waals surface area contributed by atoms with Crippen LogP contribution in [0.5, 0.6) is 0 Å². The molecule has 0 spiro atoms. The summed E-state index contributed by atoms with van der Waals surface area (Å²) in [4.78, 5) is 25.8. The predicted octanol–water partition coefficient (Wildman–Crippen LogP) is 2.22. The Morgan fingerprint density at radius 1 is 1.37 bits per heavy atom. The van der Waals surface area contributed by atoms with Crippen LogP contribution in [0.2, 0.25) is 0 Å². The summed E-state index contributed by atoms with van der Waals surface area (Å²) < 4.78 is 10.8. The molecule has 0 saturated carbocycles. The minimum Gasteiger partial charge on any atom is -0.447 e. The molecular weight excluding hydrogens is 361 g/mol. The number of amides is 2. The summed E-state index contributed by atoms with van der Waals surface area (Å²) in [6, 6.07) is -0.160. The number of alkyl halides is 1. The molecule has 19 heavy (non-hydrogen) atoms. The van der Waals surface area contributed by atoms with E-state index in [0.29, 0.717) is 6.61 Å². The van der Waals surface area contributed by atoms with E-state index in [9.17, 15) is 9.59 Å². The van der Waals surface area contributed by atoms with Gasteiger partial charge in [-0.25, -0.2) is 9.69 Å². The Kier molecular flexibility index (Phi) is 4.39. The molecule has 6 heteroatoms. The second kappa shape index (κ2) is 5.55. The van der Waals surface area contributed by atoms with Crippen molar-refractivity contribution in [1.29, 1.82) is 0 Å². The van der Waals surface area contributed by atoms with Crippen molar-refractivity contribution in [3.8, 4) is 0 Å². The van der Waals surface area contributed by atoms with Crippen LogP contribution in [0.25, 0.3) is 0 Å². The first-order valence-electron chi connectivity index (χ1n) is 6.64. The maximum Gasteiger partial charge on any atom is 0.416 e. The third kappa shape index (κ3) is 2.61. The van der Waals surface area contributed by atoms with Crippen molar-refractivity contribution in [2.24, 2.45) is 11.8 Å². The minimum absolute atomic E-state index is 0.0284. The van der Waals surface area contributed by atoms with E-state index in [2.05, 4.69) is 22.6 Å². The van der Waals surface area contributed by atoms with Crippen molar-refractivity contribution in [3.63, 3.8) is 0 Å². The number of imide groups is 1. The summed E-state index contributed by atoms with van der Waals surface area (Å²) in [5.74, 6) is -0.238. The molecule has 0 aromatic carbocycles. The summed E-state index contributed by atoms with van der Waals surface area (Å²) in [7, 11) is 0. The molecule has 2 fully saturated rings. The van der Waals surface area contributed by atoms with Gasteiger partial charge in [-0.1, -0.05) is 36.4 Å². The summed E-state index contributed by atoms with van der Waals surface area (Å²) in [5.41, 5.74) is 0. The van der Waals surface area contributed by atoms with Crippen LogP contribution in [0.15, 0.2) is 0 Å². The maximum atomic E-state index is 12.7. The molecule has 0 N–H and O–H groups in total. The lowest BCUT2D eigenvalue weighted by Gasteiger charge is -2.27. The van der Waals surface area contributed by atoms with Crippen LogP contribution in [0.4, 0.5) is 4.79 Å². The van der Waals surface area contributed by atoms with E-state index in [4.69, 9.17) is 9.47 Å². The van der Waals surface area contributed by atoms with Gasteiger partial charge in [0.05, 0.1) is 28.1 Å². The van der Waals surface area contributed by atoms with Gasteiger partial charge in [0.25, 0.3) is 0 Å². The van der Waals surface area contributed by atoms with Gasteiger partial charge in [0.1, 0.15) is 6.61 Å². The molecular formula is C13H20INO4. The first-order chi connectivity index (χ1) is 8.84. The zero-order valence-corrected chi connectivity index (χ0v) is 13.8. The summed E-state index contributed by atoms with van der Waals surface area (Å²) in [5, 5.41) is 0. The number of halogens is 1. The van der Waals surface area contributed by atoms with Crippen LogP contribution >= 0.6 is 22.6 Å². The fourth-order valence-corrected chi connectivity index (χ4v) is 3.79. The first-order valence-corrected chi connectivity index (χ1v) is 7.88. The van der Waals surface area contributed by atoms with Gasteiger partial charge in [-0.2, -0.15) is 0 Å². The third-order valence-electron chi connectivity index (χ3n) is 3.92. The van der Waals surface area contributed by atoms with Crippen molar-refractivity contribution < 1.29 is 19.1 Å².